The van der Waals surface area contributed by atoms with Crippen LogP contribution in [-0.2, 0) is 4.74 Å². The summed E-state index contributed by atoms with van der Waals surface area (Å²) >= 11 is 0. The van der Waals surface area contributed by atoms with E-state index in [9.17, 15) is 9.90 Å². The average molecular weight is 234 g/mol. The van der Waals surface area contributed by atoms with Gasteiger partial charge in [-0.05, 0) is 12.1 Å². The Kier molecular flexibility index (Phi) is 3.21. The zero-order valence-corrected chi connectivity index (χ0v) is 9.70. The second-order valence-corrected chi connectivity index (χ2v) is 3.85. The minimum Gasteiger partial charge on any atom is -0.367 e. The van der Waals surface area contributed by atoms with Gasteiger partial charge >= 0.3 is 0 Å². The van der Waals surface area contributed by atoms with Crippen LogP contribution in [0, 0.1) is 5.92 Å². The quantitative estimate of drug-likeness (QED) is 0.636. The molecule has 0 aliphatic heterocycles. The predicted octanol–water partition coefficient (Wildman–Crippen LogP) is 1.12. The minimum absolute atomic E-state index is 0.196. The number of hydrogen-bond acceptors (Lipinski definition) is 4. The highest BCUT2D eigenvalue weighted by Gasteiger charge is 2.25. The summed E-state index contributed by atoms with van der Waals surface area (Å²) in [6.45, 7) is 1.62. The van der Waals surface area contributed by atoms with Crippen molar-refractivity contribution >= 4 is 11.4 Å². The van der Waals surface area contributed by atoms with Gasteiger partial charge in [0, 0.05) is 13.3 Å². The maximum atomic E-state index is 12.1. The number of Topliss-reactive ketones (excluding diaryl/α,β-unsaturated/α-hetero) is 1. The van der Waals surface area contributed by atoms with Crippen LogP contribution in [0.5, 0.6) is 0 Å². The molecule has 0 bridgehead atoms. The molecule has 17 heavy (non-hydrogen) atoms. The van der Waals surface area contributed by atoms with E-state index in [4.69, 9.17) is 4.74 Å². The molecule has 5 heteroatoms. The normalized spacial score (nSPS) is 14.8. The van der Waals surface area contributed by atoms with Gasteiger partial charge in [-0.2, -0.15) is 0 Å². The standard InChI is InChI=1S/C12H14N2O3/c1-8(12(16)17-2)11(15)9-7-13-10-5-3-4-6-14(9)10/h3-8,12,16H,1-2H3. The second-order valence-electron chi connectivity index (χ2n) is 3.85. The Balaban J connectivity index is 2.37. The summed E-state index contributed by atoms with van der Waals surface area (Å²) < 4.78 is 6.44. The van der Waals surface area contributed by atoms with E-state index in [-0.39, 0.29) is 5.78 Å². The van der Waals surface area contributed by atoms with Gasteiger partial charge in [0.05, 0.1) is 12.1 Å². The van der Waals surface area contributed by atoms with E-state index in [2.05, 4.69) is 4.98 Å². The largest absolute Gasteiger partial charge is 0.367 e. The van der Waals surface area contributed by atoms with Crippen LogP contribution in [0.2, 0.25) is 0 Å². The third kappa shape index (κ3) is 2.07. The summed E-state index contributed by atoms with van der Waals surface area (Å²) in [6.07, 6.45) is 2.18. The number of aliphatic hydroxyl groups excluding tert-OH is 1. The molecule has 2 heterocycles. The first kappa shape index (κ1) is 11.8. The summed E-state index contributed by atoms with van der Waals surface area (Å²) in [5.74, 6) is -0.821. The zero-order valence-electron chi connectivity index (χ0n) is 9.70. The zero-order chi connectivity index (χ0) is 12.4. The van der Waals surface area contributed by atoms with Gasteiger partial charge in [0.15, 0.2) is 12.1 Å². The van der Waals surface area contributed by atoms with E-state index < -0.39 is 12.2 Å². The number of fused-ring (bicyclic) bond motifs is 1. The first-order chi connectivity index (χ1) is 8.15. The Morgan fingerprint density at radius 1 is 1.53 bits per heavy atom. The molecular weight excluding hydrogens is 220 g/mol. The third-order valence-corrected chi connectivity index (χ3v) is 2.75. The molecule has 0 aliphatic rings. The molecule has 0 aromatic carbocycles. The molecule has 5 nitrogen and oxygen atoms in total. The third-order valence-electron chi connectivity index (χ3n) is 2.75. The number of imidazole rings is 1. The summed E-state index contributed by atoms with van der Waals surface area (Å²) in [4.78, 5) is 16.2. The van der Waals surface area contributed by atoms with Crippen LogP contribution in [-0.4, -0.2) is 33.7 Å². The molecule has 1 N–H and O–H groups in total. The fourth-order valence-corrected chi connectivity index (χ4v) is 1.68. The summed E-state index contributed by atoms with van der Waals surface area (Å²) in [7, 11) is 1.36. The van der Waals surface area contributed by atoms with Crippen molar-refractivity contribution in [2.45, 2.75) is 13.2 Å². The van der Waals surface area contributed by atoms with Crippen molar-refractivity contribution in [1.82, 2.24) is 9.38 Å². The number of nitrogens with zero attached hydrogens (tertiary/aromatic N) is 2. The van der Waals surface area contributed by atoms with Gasteiger partial charge < -0.3 is 9.84 Å². The number of carbonyl (C=O) groups excluding carboxylic acids is 1. The van der Waals surface area contributed by atoms with E-state index in [0.717, 1.165) is 0 Å². The van der Waals surface area contributed by atoms with E-state index in [1.807, 2.05) is 18.2 Å². The predicted molar refractivity (Wildman–Crippen MR) is 61.7 cm³/mol. The van der Waals surface area contributed by atoms with Crippen molar-refractivity contribution < 1.29 is 14.6 Å². The number of aromatic nitrogens is 2. The molecule has 0 amide bonds. The molecule has 90 valence electrons. The van der Waals surface area contributed by atoms with Gasteiger partial charge in [-0.15, -0.1) is 0 Å². The van der Waals surface area contributed by atoms with Gasteiger partial charge in [-0.3, -0.25) is 9.20 Å². The van der Waals surface area contributed by atoms with Crippen molar-refractivity contribution in [3.63, 3.8) is 0 Å². The lowest BCUT2D eigenvalue weighted by molar-refractivity contribution is -0.0974. The van der Waals surface area contributed by atoms with Crippen LogP contribution in [0.15, 0.2) is 30.6 Å². The molecule has 2 unspecified atom stereocenters. The molecule has 0 radical (unpaired) electrons. The molecule has 2 rings (SSSR count). The number of aliphatic hydroxyl groups is 1. The van der Waals surface area contributed by atoms with E-state index in [0.29, 0.717) is 11.3 Å². The highest BCUT2D eigenvalue weighted by molar-refractivity contribution is 5.97. The molecule has 0 fully saturated rings. The fourth-order valence-electron chi connectivity index (χ4n) is 1.68. The van der Waals surface area contributed by atoms with E-state index in [1.165, 1.54) is 13.3 Å². The Morgan fingerprint density at radius 2 is 2.29 bits per heavy atom. The molecular formula is C12H14N2O3. The Labute approximate surface area is 98.7 Å². The number of methoxy groups -OCH3 is 1. The van der Waals surface area contributed by atoms with Crippen LogP contribution in [0.4, 0.5) is 0 Å². The molecule has 0 spiro atoms. The van der Waals surface area contributed by atoms with Crippen molar-refractivity contribution in [1.29, 1.82) is 0 Å². The molecule has 0 aliphatic carbocycles. The van der Waals surface area contributed by atoms with Crippen molar-refractivity contribution in [2.75, 3.05) is 7.11 Å². The number of hydrogen-bond donors (Lipinski definition) is 1. The Bertz CT molecular complexity index is 535. The van der Waals surface area contributed by atoms with Gasteiger partial charge in [-0.1, -0.05) is 13.0 Å². The summed E-state index contributed by atoms with van der Waals surface area (Å²) in [6, 6.07) is 5.49. The maximum absolute atomic E-state index is 12.1. The van der Waals surface area contributed by atoms with Crippen molar-refractivity contribution in [2.24, 2.45) is 5.92 Å². The fraction of sp³-hybridized carbons (Fsp3) is 0.333. The van der Waals surface area contributed by atoms with Gasteiger partial charge in [0.1, 0.15) is 11.3 Å². The van der Waals surface area contributed by atoms with Crippen LogP contribution in [0.25, 0.3) is 5.65 Å². The number of ether oxygens (including phenoxy) is 1. The average Bonchev–Trinajstić information content (AvgIpc) is 2.79. The lowest BCUT2D eigenvalue weighted by atomic mass is 10.0. The monoisotopic (exact) mass is 234 g/mol. The van der Waals surface area contributed by atoms with Crippen LogP contribution < -0.4 is 0 Å². The van der Waals surface area contributed by atoms with E-state index >= 15 is 0 Å². The molecule has 2 aromatic heterocycles. The summed E-state index contributed by atoms with van der Waals surface area (Å²) in [5.41, 5.74) is 1.15. The molecule has 2 aromatic rings. The molecule has 0 saturated heterocycles. The SMILES string of the molecule is COC(O)C(C)C(=O)c1cnc2ccccn12. The van der Waals surface area contributed by atoms with Gasteiger partial charge in [0.25, 0.3) is 0 Å². The van der Waals surface area contributed by atoms with Gasteiger partial charge in [-0.25, -0.2) is 4.98 Å². The van der Waals surface area contributed by atoms with Gasteiger partial charge in [0.2, 0.25) is 0 Å². The number of pyridine rings is 1. The second kappa shape index (κ2) is 4.65. The smallest absolute Gasteiger partial charge is 0.189 e. The van der Waals surface area contributed by atoms with Crippen LogP contribution >= 0.6 is 0 Å². The highest BCUT2D eigenvalue weighted by atomic mass is 16.6. The number of carbonyl (C=O) groups is 1. The van der Waals surface area contributed by atoms with Crippen molar-refractivity contribution in [3.8, 4) is 0 Å². The van der Waals surface area contributed by atoms with Crippen LogP contribution in [0.1, 0.15) is 17.4 Å². The Hall–Kier alpha value is -1.72. The minimum atomic E-state index is -1.10. The van der Waals surface area contributed by atoms with E-state index in [1.54, 1.807) is 17.5 Å². The van der Waals surface area contributed by atoms with Crippen LogP contribution in [0.3, 0.4) is 0 Å². The maximum Gasteiger partial charge on any atom is 0.189 e. The lowest BCUT2D eigenvalue weighted by Gasteiger charge is -2.15. The highest BCUT2D eigenvalue weighted by Crippen LogP contribution is 2.14. The number of ketones is 1. The van der Waals surface area contributed by atoms with Crippen molar-refractivity contribution in [3.05, 3.63) is 36.3 Å². The number of rotatable bonds is 4. The summed E-state index contributed by atoms with van der Waals surface area (Å²) in [5, 5.41) is 9.50. The first-order valence-electron chi connectivity index (χ1n) is 5.32. The topological polar surface area (TPSA) is 63.8 Å². The molecule has 2 atom stereocenters. The lowest BCUT2D eigenvalue weighted by Crippen LogP contribution is -2.27. The molecule has 0 saturated carbocycles. The Morgan fingerprint density at radius 3 is 3.00 bits per heavy atom. The first-order valence-corrected chi connectivity index (χ1v) is 5.32.